The third kappa shape index (κ3) is 3.32. The summed E-state index contributed by atoms with van der Waals surface area (Å²) in [4.78, 5) is 12.2. The molecule has 30 heavy (non-hydrogen) atoms. The zero-order valence-electron chi connectivity index (χ0n) is 17.7. The first-order valence-electron chi connectivity index (χ1n) is 10.6. The first kappa shape index (κ1) is 18.7. The second kappa shape index (κ2) is 7.52. The smallest absolute Gasteiger partial charge is 0.184 e. The number of fused-ring (bicyclic) bond motifs is 2. The molecule has 1 aliphatic rings. The monoisotopic (exact) mass is 398 g/mol. The van der Waals surface area contributed by atoms with Crippen molar-refractivity contribution >= 4 is 22.7 Å². The molecule has 0 spiro atoms. The minimum atomic E-state index is 0.312. The third-order valence-electron chi connectivity index (χ3n) is 5.59. The maximum Gasteiger partial charge on any atom is 0.184 e. The highest BCUT2D eigenvalue weighted by atomic mass is 15.5. The average molecular weight is 399 g/mol. The number of hydrogen-bond donors (Lipinski definition) is 0. The zero-order valence-corrected chi connectivity index (χ0v) is 17.7. The van der Waals surface area contributed by atoms with Crippen LogP contribution in [0.1, 0.15) is 37.7 Å². The van der Waals surface area contributed by atoms with E-state index in [9.17, 15) is 0 Å². The normalized spacial score (nSPS) is 15.9. The Balaban J connectivity index is 1.66. The Kier molecular flexibility index (Phi) is 4.69. The van der Waals surface area contributed by atoms with Crippen molar-refractivity contribution < 1.29 is 0 Å². The molecule has 1 atom stereocenters. The second-order valence-corrected chi connectivity index (χ2v) is 8.52. The Morgan fingerprint density at radius 3 is 2.57 bits per heavy atom. The zero-order chi connectivity index (χ0) is 20.7. The fourth-order valence-corrected chi connectivity index (χ4v) is 4.26. The minimum Gasteiger partial charge on any atom is -0.321 e. The minimum absolute atomic E-state index is 0.312. The van der Waals surface area contributed by atoms with Crippen molar-refractivity contribution in [3.05, 3.63) is 71.5 Å². The molecule has 0 bridgehead atoms. The molecule has 0 unspecified atom stereocenters. The number of nitrogens with zero attached hydrogens (tertiary/aromatic N) is 6. The van der Waals surface area contributed by atoms with E-state index in [1.54, 1.807) is 0 Å². The van der Waals surface area contributed by atoms with Crippen LogP contribution in [0.2, 0.25) is 0 Å². The van der Waals surface area contributed by atoms with Crippen molar-refractivity contribution in [3.8, 4) is 0 Å². The van der Waals surface area contributed by atoms with Crippen LogP contribution in [0.5, 0.6) is 0 Å². The summed E-state index contributed by atoms with van der Waals surface area (Å²) in [6.07, 6.45) is 1.82. The molecule has 0 amide bonds. The van der Waals surface area contributed by atoms with Crippen LogP contribution in [0.15, 0.2) is 54.6 Å². The van der Waals surface area contributed by atoms with Crippen LogP contribution in [0.25, 0.3) is 11.2 Å². The predicted molar refractivity (Wildman–Crippen MR) is 119 cm³/mol. The van der Waals surface area contributed by atoms with Gasteiger partial charge >= 0.3 is 0 Å². The molecule has 0 aliphatic carbocycles. The van der Waals surface area contributed by atoms with Gasteiger partial charge in [-0.15, -0.1) is 5.10 Å². The van der Waals surface area contributed by atoms with Crippen molar-refractivity contribution in [2.24, 2.45) is 5.92 Å². The summed E-state index contributed by atoms with van der Waals surface area (Å²) in [5.41, 5.74) is 5.30. The van der Waals surface area contributed by atoms with Crippen LogP contribution in [-0.2, 0) is 19.4 Å². The summed E-state index contributed by atoms with van der Waals surface area (Å²) >= 11 is 0. The van der Waals surface area contributed by atoms with Gasteiger partial charge in [-0.05, 0) is 36.5 Å². The average Bonchev–Trinajstić information content (AvgIpc) is 3.28. The van der Waals surface area contributed by atoms with E-state index < -0.39 is 0 Å². The molecule has 5 rings (SSSR count). The molecule has 4 aromatic rings. The van der Waals surface area contributed by atoms with Crippen LogP contribution >= 0.6 is 0 Å². The summed E-state index contributed by atoms with van der Waals surface area (Å²) in [7, 11) is 0. The van der Waals surface area contributed by atoms with Gasteiger partial charge in [-0.2, -0.15) is 0 Å². The van der Waals surface area contributed by atoms with E-state index in [-0.39, 0.29) is 0 Å². The van der Waals surface area contributed by atoms with Gasteiger partial charge in [-0.25, -0.2) is 14.6 Å². The molecule has 6 nitrogen and oxygen atoms in total. The second-order valence-electron chi connectivity index (χ2n) is 8.52. The summed E-state index contributed by atoms with van der Waals surface area (Å²) in [5.74, 6) is 2.19. The standard InChI is InChI=1S/C24H26N6/c1-16(2)13-21-25-23-22(27-28-29(23)15-18-9-5-4-6-10-18)24(26-21)30-17(3)14-19-11-7-8-12-20(19)30/h4-12,16-17H,13-15H2,1-3H3/t17-/m0/s1. The molecular formula is C24H26N6. The molecule has 0 N–H and O–H groups in total. The quantitative estimate of drug-likeness (QED) is 0.494. The lowest BCUT2D eigenvalue weighted by atomic mass is 10.1. The van der Waals surface area contributed by atoms with Crippen LogP contribution in [0.3, 0.4) is 0 Å². The highest BCUT2D eigenvalue weighted by Crippen LogP contribution is 2.39. The summed E-state index contributed by atoms with van der Waals surface area (Å²) in [6, 6.07) is 19.2. The van der Waals surface area contributed by atoms with Gasteiger partial charge in [0.1, 0.15) is 5.82 Å². The molecule has 3 heterocycles. The maximum atomic E-state index is 4.99. The number of rotatable bonds is 5. The molecular weight excluding hydrogens is 372 g/mol. The molecule has 2 aromatic carbocycles. The third-order valence-corrected chi connectivity index (χ3v) is 5.59. The van der Waals surface area contributed by atoms with E-state index in [0.717, 1.165) is 35.6 Å². The Morgan fingerprint density at radius 2 is 1.77 bits per heavy atom. The first-order valence-corrected chi connectivity index (χ1v) is 10.6. The fourth-order valence-electron chi connectivity index (χ4n) is 4.26. The molecule has 152 valence electrons. The largest absolute Gasteiger partial charge is 0.321 e. The Hall–Kier alpha value is -3.28. The highest BCUT2D eigenvalue weighted by molar-refractivity contribution is 5.87. The summed E-state index contributed by atoms with van der Waals surface area (Å²) < 4.78 is 1.90. The van der Waals surface area contributed by atoms with E-state index in [2.05, 4.69) is 72.4 Å². The number of anilines is 2. The van der Waals surface area contributed by atoms with Gasteiger partial charge in [0.2, 0.25) is 0 Å². The topological polar surface area (TPSA) is 59.7 Å². The van der Waals surface area contributed by atoms with Crippen molar-refractivity contribution in [3.63, 3.8) is 0 Å². The van der Waals surface area contributed by atoms with Crippen LogP contribution < -0.4 is 4.90 Å². The molecule has 0 fully saturated rings. The van der Waals surface area contributed by atoms with E-state index >= 15 is 0 Å². The van der Waals surface area contributed by atoms with Gasteiger partial charge < -0.3 is 4.90 Å². The predicted octanol–water partition coefficient (Wildman–Crippen LogP) is 4.55. The molecule has 2 aromatic heterocycles. The highest BCUT2D eigenvalue weighted by Gasteiger charge is 2.31. The van der Waals surface area contributed by atoms with Crippen LogP contribution in [0.4, 0.5) is 11.5 Å². The SMILES string of the molecule is CC(C)Cc1nc(N2c3ccccc3C[C@@H]2C)c2nnn(Cc3ccccc3)c2n1. The number of benzene rings is 2. The van der Waals surface area contributed by atoms with Gasteiger partial charge in [0.05, 0.1) is 6.54 Å². The Bertz CT molecular complexity index is 1180. The van der Waals surface area contributed by atoms with Gasteiger partial charge in [-0.3, -0.25) is 0 Å². The lowest BCUT2D eigenvalue weighted by Crippen LogP contribution is -2.26. The number of aromatic nitrogens is 5. The molecule has 0 radical (unpaired) electrons. The van der Waals surface area contributed by atoms with E-state index in [4.69, 9.17) is 9.97 Å². The number of para-hydroxylation sites is 1. The van der Waals surface area contributed by atoms with Gasteiger partial charge in [0.15, 0.2) is 17.0 Å². The molecule has 1 aliphatic heterocycles. The molecule has 6 heteroatoms. The lowest BCUT2D eigenvalue weighted by Gasteiger charge is -2.24. The van der Waals surface area contributed by atoms with E-state index in [1.807, 2.05) is 22.9 Å². The molecule has 0 saturated heterocycles. The van der Waals surface area contributed by atoms with E-state index in [1.165, 1.54) is 16.8 Å². The molecule has 0 saturated carbocycles. The van der Waals surface area contributed by atoms with Gasteiger partial charge in [0, 0.05) is 18.2 Å². The van der Waals surface area contributed by atoms with Crippen molar-refractivity contribution in [1.29, 1.82) is 0 Å². The van der Waals surface area contributed by atoms with E-state index in [0.29, 0.717) is 18.5 Å². The van der Waals surface area contributed by atoms with Crippen molar-refractivity contribution in [2.45, 2.75) is 46.2 Å². The first-order chi connectivity index (χ1) is 14.6. The van der Waals surface area contributed by atoms with Crippen molar-refractivity contribution in [1.82, 2.24) is 25.0 Å². The summed E-state index contributed by atoms with van der Waals surface area (Å²) in [6.45, 7) is 7.27. The Labute approximate surface area is 176 Å². The lowest BCUT2D eigenvalue weighted by molar-refractivity contribution is 0.616. The Morgan fingerprint density at radius 1 is 1.00 bits per heavy atom. The fraction of sp³-hybridized carbons (Fsp3) is 0.333. The van der Waals surface area contributed by atoms with Gasteiger partial charge in [-0.1, -0.05) is 67.6 Å². The van der Waals surface area contributed by atoms with Crippen LogP contribution in [-0.4, -0.2) is 31.0 Å². The van der Waals surface area contributed by atoms with Crippen molar-refractivity contribution in [2.75, 3.05) is 4.90 Å². The maximum absolute atomic E-state index is 4.99. The van der Waals surface area contributed by atoms with Gasteiger partial charge in [0.25, 0.3) is 0 Å². The summed E-state index contributed by atoms with van der Waals surface area (Å²) in [5, 5.41) is 8.99. The number of hydrogen-bond acceptors (Lipinski definition) is 5. The van der Waals surface area contributed by atoms with Crippen LogP contribution in [0, 0.1) is 5.92 Å².